The predicted molar refractivity (Wildman–Crippen MR) is 84.1 cm³/mol. The maximum atomic E-state index is 8.75. The van der Waals surface area contributed by atoms with Crippen LogP contribution in [0.4, 0.5) is 0 Å². The maximum absolute atomic E-state index is 8.75. The summed E-state index contributed by atoms with van der Waals surface area (Å²) in [6, 6.07) is 11.6. The van der Waals surface area contributed by atoms with Gasteiger partial charge in [0.05, 0.1) is 16.8 Å². The van der Waals surface area contributed by atoms with Crippen LogP contribution in [-0.4, -0.2) is 24.6 Å². The van der Waals surface area contributed by atoms with Crippen molar-refractivity contribution < 1.29 is 0 Å². The molecule has 0 aliphatic carbocycles. The van der Waals surface area contributed by atoms with Crippen LogP contribution in [0.2, 0.25) is 6.04 Å². The summed E-state index contributed by atoms with van der Waals surface area (Å²) in [5, 5.41) is 9.85. The second kappa shape index (κ2) is 6.99. The number of nitriles is 1. The van der Waals surface area contributed by atoms with E-state index < -0.39 is 8.80 Å². The molecule has 0 saturated carbocycles. The molecule has 1 aliphatic heterocycles. The van der Waals surface area contributed by atoms with E-state index in [2.05, 4.69) is 18.2 Å². The monoisotopic (exact) mass is 330 g/mol. The highest BCUT2D eigenvalue weighted by atomic mass is 35.5. The molecule has 5 heteroatoms. The van der Waals surface area contributed by atoms with Gasteiger partial charge in [-0.2, -0.15) is 5.26 Å². The summed E-state index contributed by atoms with van der Waals surface area (Å²) in [5.41, 5.74) is 1.25. The molecule has 0 bridgehead atoms. The Morgan fingerprint density at radius 2 is 2.00 bits per heavy atom. The lowest BCUT2D eigenvalue weighted by Crippen LogP contribution is -2.51. The summed E-state index contributed by atoms with van der Waals surface area (Å²) in [5.74, 6) is 0. The molecule has 0 N–H and O–H groups in total. The molecule has 1 aromatic rings. The third kappa shape index (κ3) is 3.47. The fourth-order valence-corrected chi connectivity index (χ4v) is 7.58. The lowest BCUT2D eigenvalue weighted by Gasteiger charge is -2.34. The van der Waals surface area contributed by atoms with E-state index in [1.165, 1.54) is 10.8 Å². The molecule has 3 atom stereocenters. The Morgan fingerprint density at radius 1 is 1.26 bits per heavy atom. The van der Waals surface area contributed by atoms with Crippen LogP contribution in [0.3, 0.4) is 0 Å². The van der Waals surface area contributed by atoms with Crippen LogP contribution in [0.1, 0.15) is 18.4 Å². The molecule has 1 aromatic carbocycles. The number of alkyl halides is 3. The van der Waals surface area contributed by atoms with Crippen LogP contribution in [-0.2, 0) is 6.42 Å². The van der Waals surface area contributed by atoms with Gasteiger partial charge in [0.1, 0.15) is 8.80 Å². The van der Waals surface area contributed by atoms with E-state index >= 15 is 0 Å². The van der Waals surface area contributed by atoms with Crippen molar-refractivity contribution >= 4 is 48.8 Å². The first kappa shape index (κ1) is 15.2. The Balaban J connectivity index is 2.24. The van der Waals surface area contributed by atoms with Gasteiger partial charge in [0, 0.05) is 11.4 Å². The minimum atomic E-state index is -0.905. The van der Waals surface area contributed by atoms with E-state index in [4.69, 9.17) is 40.1 Å². The molecular weight excluding hydrogens is 317 g/mol. The van der Waals surface area contributed by atoms with Crippen molar-refractivity contribution in [2.45, 2.75) is 41.1 Å². The molecule has 1 saturated heterocycles. The molecule has 1 heterocycles. The maximum Gasteiger partial charge on any atom is 0.109 e. The molecule has 19 heavy (non-hydrogen) atoms. The summed E-state index contributed by atoms with van der Waals surface area (Å²) >= 11 is 19.1. The average molecular weight is 332 g/mol. The topological polar surface area (TPSA) is 23.8 Å². The lowest BCUT2D eigenvalue weighted by atomic mass is 10.1. The minimum absolute atomic E-state index is 0.0239. The average Bonchev–Trinajstić information content (AvgIpc) is 2.43. The van der Waals surface area contributed by atoms with Crippen LogP contribution in [0, 0.1) is 11.3 Å². The van der Waals surface area contributed by atoms with Crippen molar-refractivity contribution in [2.75, 3.05) is 0 Å². The fraction of sp³-hybridized carbons (Fsp3) is 0.500. The predicted octanol–water partition coefficient (Wildman–Crippen LogP) is 3.61. The van der Waals surface area contributed by atoms with Gasteiger partial charge in [-0.1, -0.05) is 35.5 Å². The van der Waals surface area contributed by atoms with Crippen molar-refractivity contribution in [3.63, 3.8) is 0 Å². The molecule has 0 aromatic heterocycles. The first-order chi connectivity index (χ1) is 9.15. The van der Waals surface area contributed by atoms with Gasteiger partial charge in [0.15, 0.2) is 0 Å². The smallest absolute Gasteiger partial charge is 0.109 e. The summed E-state index contributed by atoms with van der Waals surface area (Å²) in [4.78, 5) is 0. The highest BCUT2D eigenvalue weighted by molar-refractivity contribution is 6.82. The zero-order chi connectivity index (χ0) is 13.8. The van der Waals surface area contributed by atoms with Crippen molar-refractivity contribution in [3.05, 3.63) is 29.8 Å². The summed E-state index contributed by atoms with van der Waals surface area (Å²) < 4.78 is 0. The van der Waals surface area contributed by atoms with Crippen LogP contribution in [0.5, 0.6) is 0 Å². The van der Waals surface area contributed by atoms with Crippen molar-refractivity contribution in [1.29, 1.82) is 5.26 Å². The van der Waals surface area contributed by atoms with Gasteiger partial charge in [-0.25, -0.2) is 0 Å². The molecule has 3 unspecified atom stereocenters. The van der Waals surface area contributed by atoms with Gasteiger partial charge in [0.2, 0.25) is 0 Å². The van der Waals surface area contributed by atoms with Crippen molar-refractivity contribution in [3.8, 4) is 6.07 Å². The highest BCUT2D eigenvalue weighted by Crippen LogP contribution is 2.31. The number of aryl methyl sites for hydroxylation is 1. The summed E-state index contributed by atoms with van der Waals surface area (Å²) in [6.45, 7) is 0. The van der Waals surface area contributed by atoms with E-state index in [1.54, 1.807) is 0 Å². The van der Waals surface area contributed by atoms with Gasteiger partial charge in [0.25, 0.3) is 0 Å². The highest BCUT2D eigenvalue weighted by Gasteiger charge is 2.39. The van der Waals surface area contributed by atoms with Crippen molar-refractivity contribution in [2.24, 2.45) is 0 Å². The Bertz CT molecular complexity index is 474. The largest absolute Gasteiger partial charge is 0.198 e. The zero-order valence-corrected chi connectivity index (χ0v) is 13.7. The third-order valence-corrected chi connectivity index (χ3v) is 9.13. The van der Waals surface area contributed by atoms with E-state index in [-0.39, 0.29) is 15.8 Å². The van der Waals surface area contributed by atoms with E-state index in [1.807, 2.05) is 12.1 Å². The number of nitrogens with zero attached hydrogens (tertiary/aromatic N) is 1. The Labute approximate surface area is 131 Å². The standard InChI is InChI=1S/C14H15Cl3NSi/c15-11-7-9-19(14(17)13(11)16)12-6-2-1-4-10(12)5-3-8-18/h1-2,4,6,11,13-14H,3,5,7,9H2. The number of rotatable bonds is 3. The second-order valence-electron chi connectivity index (χ2n) is 4.74. The molecule has 1 aliphatic rings. The molecule has 1 radical (unpaired) electrons. The van der Waals surface area contributed by atoms with Gasteiger partial charge in [-0.3, -0.25) is 0 Å². The second-order valence-corrected chi connectivity index (χ2v) is 9.35. The van der Waals surface area contributed by atoms with E-state index in [0.717, 1.165) is 18.9 Å². The molecule has 0 spiro atoms. The van der Waals surface area contributed by atoms with E-state index in [0.29, 0.717) is 6.42 Å². The van der Waals surface area contributed by atoms with E-state index in [9.17, 15) is 0 Å². The number of hydrogen-bond donors (Lipinski definition) is 0. The number of halogens is 3. The molecule has 1 fully saturated rings. The zero-order valence-electron chi connectivity index (χ0n) is 10.5. The Kier molecular flexibility index (Phi) is 5.59. The van der Waals surface area contributed by atoms with Crippen LogP contribution in [0.25, 0.3) is 0 Å². The van der Waals surface area contributed by atoms with Crippen LogP contribution >= 0.6 is 34.8 Å². The lowest BCUT2D eigenvalue weighted by molar-refractivity contribution is 0.727. The molecule has 1 nitrogen and oxygen atoms in total. The van der Waals surface area contributed by atoms with Gasteiger partial charge in [-0.15, -0.1) is 34.8 Å². The fourth-order valence-electron chi connectivity index (χ4n) is 2.49. The number of hydrogen-bond acceptors (Lipinski definition) is 1. The first-order valence-electron chi connectivity index (χ1n) is 6.38. The van der Waals surface area contributed by atoms with Gasteiger partial charge >= 0.3 is 0 Å². The van der Waals surface area contributed by atoms with Crippen LogP contribution < -0.4 is 5.19 Å². The molecular formula is C14H15Cl3NSi. The Morgan fingerprint density at radius 3 is 2.74 bits per heavy atom. The third-order valence-electron chi connectivity index (χ3n) is 3.52. The van der Waals surface area contributed by atoms with Crippen molar-refractivity contribution in [1.82, 2.24) is 0 Å². The van der Waals surface area contributed by atoms with Crippen LogP contribution in [0.15, 0.2) is 24.3 Å². The quantitative estimate of drug-likeness (QED) is 0.613. The summed E-state index contributed by atoms with van der Waals surface area (Å²) in [7, 11) is -0.905. The molecule has 2 rings (SSSR count). The Hall–Kier alpha value is -0.203. The number of benzene rings is 1. The molecule has 0 amide bonds. The molecule has 101 valence electrons. The summed E-state index contributed by atoms with van der Waals surface area (Å²) in [6.07, 6.45) is 2.27. The van der Waals surface area contributed by atoms with Gasteiger partial charge in [-0.05, 0) is 18.4 Å². The van der Waals surface area contributed by atoms with Gasteiger partial charge < -0.3 is 0 Å². The first-order valence-corrected chi connectivity index (χ1v) is 9.47. The normalized spacial score (nSPS) is 28.0. The minimum Gasteiger partial charge on any atom is -0.198 e. The SMILES string of the molecule is N#CCCc1ccccc1[Si]1CCC(Cl)C(Cl)C1Cl.